The van der Waals surface area contributed by atoms with Crippen molar-refractivity contribution in [1.82, 2.24) is 9.55 Å². The molecule has 0 aliphatic rings. The Morgan fingerprint density at radius 2 is 2.00 bits per heavy atom. The molecule has 154 valence electrons. The highest BCUT2D eigenvalue weighted by Gasteiger charge is 2.10. The van der Waals surface area contributed by atoms with E-state index in [1.807, 2.05) is 36.4 Å². The third-order valence-electron chi connectivity index (χ3n) is 4.98. The van der Waals surface area contributed by atoms with Crippen molar-refractivity contribution in [2.24, 2.45) is 0 Å². The first-order chi connectivity index (χ1) is 15.0. The Morgan fingerprint density at radius 1 is 1.10 bits per heavy atom. The molecule has 3 aromatic carbocycles. The number of aliphatic carboxylic acids is 1. The predicted molar refractivity (Wildman–Crippen MR) is 119 cm³/mol. The lowest BCUT2D eigenvalue weighted by atomic mass is 10.2. The fourth-order valence-corrected chi connectivity index (χ4v) is 4.41. The van der Waals surface area contributed by atoms with Gasteiger partial charge in [-0.1, -0.05) is 12.1 Å². The molecule has 0 atom stereocenters. The molecule has 0 saturated carbocycles. The summed E-state index contributed by atoms with van der Waals surface area (Å²) in [7, 11) is 0. The second kappa shape index (κ2) is 7.92. The second-order valence-electron chi connectivity index (χ2n) is 7.18. The molecule has 5 nitrogen and oxygen atoms in total. The standard InChI is InChI=1S/C24H17FN2O3S/c25-18-3-1-2-17(11-18)24-26-20-10-15(4-7-22(20)30-24)14-31-19-5-6-21-16(12-19)8-9-27(21)13-23(28)29/h1-12H,13-14H2,(H,28,29). The maximum Gasteiger partial charge on any atom is 0.323 e. The zero-order valence-electron chi connectivity index (χ0n) is 16.3. The fourth-order valence-electron chi connectivity index (χ4n) is 3.53. The van der Waals surface area contributed by atoms with Crippen LogP contribution in [0.15, 0.2) is 82.2 Å². The van der Waals surface area contributed by atoms with Gasteiger partial charge in [0.25, 0.3) is 0 Å². The van der Waals surface area contributed by atoms with Crippen LogP contribution in [0, 0.1) is 5.82 Å². The van der Waals surface area contributed by atoms with E-state index in [-0.39, 0.29) is 12.4 Å². The maximum atomic E-state index is 13.5. The van der Waals surface area contributed by atoms with Gasteiger partial charge >= 0.3 is 5.97 Å². The lowest BCUT2D eigenvalue weighted by Crippen LogP contribution is -2.06. The number of thioether (sulfide) groups is 1. The van der Waals surface area contributed by atoms with Crippen LogP contribution in [-0.4, -0.2) is 20.6 Å². The van der Waals surface area contributed by atoms with Gasteiger partial charge in [-0.3, -0.25) is 4.79 Å². The van der Waals surface area contributed by atoms with Crippen molar-refractivity contribution in [2.75, 3.05) is 0 Å². The number of oxazole rings is 1. The highest BCUT2D eigenvalue weighted by molar-refractivity contribution is 7.98. The van der Waals surface area contributed by atoms with E-state index in [0.717, 1.165) is 32.6 Å². The number of fused-ring (bicyclic) bond motifs is 2. The second-order valence-corrected chi connectivity index (χ2v) is 8.23. The molecule has 0 saturated heterocycles. The number of rotatable bonds is 6. The van der Waals surface area contributed by atoms with Crippen molar-refractivity contribution in [3.05, 3.63) is 84.3 Å². The largest absolute Gasteiger partial charge is 0.480 e. The first-order valence-corrected chi connectivity index (χ1v) is 10.6. The lowest BCUT2D eigenvalue weighted by Gasteiger charge is -2.04. The van der Waals surface area contributed by atoms with Crippen LogP contribution >= 0.6 is 11.8 Å². The number of benzene rings is 3. The quantitative estimate of drug-likeness (QED) is 0.335. The summed E-state index contributed by atoms with van der Waals surface area (Å²) in [6.45, 7) is -0.0503. The number of nitrogens with zero attached hydrogens (tertiary/aromatic N) is 2. The minimum atomic E-state index is -0.861. The molecule has 5 aromatic rings. The Morgan fingerprint density at radius 3 is 2.84 bits per heavy atom. The molecular formula is C24H17FN2O3S. The van der Waals surface area contributed by atoms with Crippen molar-refractivity contribution >= 4 is 39.7 Å². The van der Waals surface area contributed by atoms with Crippen molar-refractivity contribution in [3.63, 3.8) is 0 Å². The van der Waals surface area contributed by atoms with Crippen LogP contribution in [0.4, 0.5) is 4.39 Å². The molecular weight excluding hydrogens is 415 g/mol. The third kappa shape index (κ3) is 4.04. The van der Waals surface area contributed by atoms with E-state index < -0.39 is 5.97 Å². The van der Waals surface area contributed by atoms with E-state index in [1.165, 1.54) is 12.1 Å². The predicted octanol–water partition coefficient (Wildman–Crippen LogP) is 5.97. The zero-order chi connectivity index (χ0) is 21.4. The third-order valence-corrected chi connectivity index (χ3v) is 6.04. The average Bonchev–Trinajstić information content (AvgIpc) is 3.35. The van der Waals surface area contributed by atoms with E-state index in [0.29, 0.717) is 17.0 Å². The molecule has 31 heavy (non-hydrogen) atoms. The van der Waals surface area contributed by atoms with Crippen molar-refractivity contribution in [2.45, 2.75) is 17.2 Å². The average molecular weight is 432 g/mol. The van der Waals surface area contributed by atoms with Gasteiger partial charge in [0.05, 0.1) is 0 Å². The van der Waals surface area contributed by atoms with Crippen LogP contribution < -0.4 is 0 Å². The monoisotopic (exact) mass is 432 g/mol. The van der Waals surface area contributed by atoms with Crippen molar-refractivity contribution in [1.29, 1.82) is 0 Å². The Bertz CT molecular complexity index is 1420. The summed E-state index contributed by atoms with van der Waals surface area (Å²) >= 11 is 1.69. The van der Waals surface area contributed by atoms with Gasteiger partial charge in [0.1, 0.15) is 17.9 Å². The molecule has 2 heterocycles. The van der Waals surface area contributed by atoms with E-state index in [2.05, 4.69) is 11.1 Å². The number of carboxylic acid groups (broad SMARTS) is 1. The van der Waals surface area contributed by atoms with E-state index >= 15 is 0 Å². The van der Waals surface area contributed by atoms with Crippen LogP contribution in [0.1, 0.15) is 5.56 Å². The number of halogens is 1. The van der Waals surface area contributed by atoms with E-state index in [1.54, 1.807) is 34.7 Å². The fraction of sp³-hybridized carbons (Fsp3) is 0.0833. The number of hydrogen-bond acceptors (Lipinski definition) is 4. The SMILES string of the molecule is O=C(O)Cn1ccc2cc(SCc3ccc4oc(-c5cccc(F)c5)nc4c3)ccc21. The Balaban J connectivity index is 1.34. The highest BCUT2D eigenvalue weighted by atomic mass is 32.2. The molecule has 0 aliphatic heterocycles. The molecule has 2 aromatic heterocycles. The molecule has 0 aliphatic carbocycles. The first kappa shape index (κ1) is 19.4. The number of aromatic nitrogens is 2. The lowest BCUT2D eigenvalue weighted by molar-refractivity contribution is -0.137. The molecule has 0 unspecified atom stereocenters. The number of hydrogen-bond donors (Lipinski definition) is 1. The highest BCUT2D eigenvalue weighted by Crippen LogP contribution is 2.30. The van der Waals surface area contributed by atoms with Crippen molar-refractivity contribution in [3.8, 4) is 11.5 Å². The van der Waals surface area contributed by atoms with Gasteiger partial charge in [-0.15, -0.1) is 11.8 Å². The maximum absolute atomic E-state index is 13.5. The summed E-state index contributed by atoms with van der Waals surface area (Å²) in [4.78, 5) is 16.6. The van der Waals surface area contributed by atoms with Crippen LogP contribution in [0.5, 0.6) is 0 Å². The summed E-state index contributed by atoms with van der Waals surface area (Å²) in [6, 6.07) is 20.0. The van der Waals surface area contributed by atoms with Gasteiger partial charge < -0.3 is 14.1 Å². The Labute approximate surface area is 181 Å². The summed E-state index contributed by atoms with van der Waals surface area (Å²) in [6.07, 6.45) is 1.79. The van der Waals surface area contributed by atoms with Crippen LogP contribution in [0.25, 0.3) is 33.5 Å². The van der Waals surface area contributed by atoms with Gasteiger partial charge in [-0.2, -0.15) is 0 Å². The summed E-state index contributed by atoms with van der Waals surface area (Å²) in [5.74, 6) is -0.0399. The summed E-state index contributed by atoms with van der Waals surface area (Å²) in [5.41, 5.74) is 4.00. The molecule has 0 fully saturated rings. The molecule has 0 radical (unpaired) electrons. The molecule has 0 bridgehead atoms. The van der Waals surface area contributed by atoms with E-state index in [9.17, 15) is 9.18 Å². The van der Waals surface area contributed by atoms with E-state index in [4.69, 9.17) is 9.52 Å². The van der Waals surface area contributed by atoms with Gasteiger partial charge in [-0.05, 0) is 60.2 Å². The summed E-state index contributed by atoms with van der Waals surface area (Å²) < 4.78 is 21.0. The molecule has 7 heteroatoms. The normalized spacial score (nSPS) is 11.4. The van der Waals surface area contributed by atoms with Gasteiger partial charge in [0.15, 0.2) is 5.58 Å². The van der Waals surface area contributed by atoms with Crippen LogP contribution in [0.3, 0.4) is 0 Å². The Kier molecular flexibility index (Phi) is 4.95. The minimum absolute atomic E-state index is 0.0503. The van der Waals surface area contributed by atoms with Gasteiger partial charge in [0, 0.05) is 33.3 Å². The summed E-state index contributed by atoms with van der Waals surface area (Å²) in [5, 5.41) is 10.0. The smallest absolute Gasteiger partial charge is 0.323 e. The zero-order valence-corrected chi connectivity index (χ0v) is 17.1. The molecule has 5 rings (SSSR count). The van der Waals surface area contributed by atoms with Gasteiger partial charge in [-0.25, -0.2) is 9.37 Å². The minimum Gasteiger partial charge on any atom is -0.480 e. The molecule has 0 spiro atoms. The van der Waals surface area contributed by atoms with Crippen LogP contribution in [-0.2, 0) is 17.1 Å². The van der Waals surface area contributed by atoms with Gasteiger partial charge in [0.2, 0.25) is 5.89 Å². The Hall–Kier alpha value is -3.58. The van der Waals surface area contributed by atoms with Crippen molar-refractivity contribution < 1.29 is 18.7 Å². The molecule has 0 amide bonds. The first-order valence-electron chi connectivity index (χ1n) is 9.64. The number of carboxylic acids is 1. The number of carbonyl (C=O) groups is 1. The molecule has 1 N–H and O–H groups in total. The van der Waals surface area contributed by atoms with Crippen LogP contribution in [0.2, 0.25) is 0 Å². The topological polar surface area (TPSA) is 68.3 Å².